The van der Waals surface area contributed by atoms with Crippen molar-refractivity contribution in [2.45, 2.75) is 26.3 Å². The van der Waals surface area contributed by atoms with Gasteiger partial charge in [-0.15, -0.1) is 0 Å². The van der Waals surface area contributed by atoms with Crippen molar-refractivity contribution >= 4 is 11.0 Å². The summed E-state index contributed by atoms with van der Waals surface area (Å²) in [5.74, 6) is 2.38. The van der Waals surface area contributed by atoms with E-state index in [1.807, 2.05) is 18.2 Å². The number of ether oxygens (including phenoxy) is 1. The molecule has 0 aliphatic rings. The summed E-state index contributed by atoms with van der Waals surface area (Å²) in [7, 11) is 1.69. The second-order valence-electron chi connectivity index (χ2n) is 7.14. The molecule has 0 saturated heterocycles. The van der Waals surface area contributed by atoms with Crippen LogP contribution in [0.15, 0.2) is 72.8 Å². The molecule has 0 fully saturated rings. The molecule has 0 N–H and O–H groups in total. The van der Waals surface area contributed by atoms with Gasteiger partial charge in [0.2, 0.25) is 0 Å². The molecule has 136 valence electrons. The van der Waals surface area contributed by atoms with Gasteiger partial charge in [0.05, 0.1) is 18.1 Å². The first-order valence-corrected chi connectivity index (χ1v) is 9.34. The molecule has 27 heavy (non-hydrogen) atoms. The maximum atomic E-state index is 5.29. The van der Waals surface area contributed by atoms with E-state index in [2.05, 4.69) is 73.0 Å². The van der Waals surface area contributed by atoms with Crippen molar-refractivity contribution in [3.05, 3.63) is 83.9 Å². The maximum Gasteiger partial charge on any atom is 0.141 e. The van der Waals surface area contributed by atoms with Crippen LogP contribution in [0.3, 0.4) is 0 Å². The van der Waals surface area contributed by atoms with Crippen LogP contribution in [-0.2, 0) is 6.54 Å². The first-order chi connectivity index (χ1) is 13.2. The molecule has 0 bridgehead atoms. The molecule has 0 saturated carbocycles. The predicted molar refractivity (Wildman–Crippen MR) is 111 cm³/mol. The number of methoxy groups -OCH3 is 1. The van der Waals surface area contributed by atoms with Gasteiger partial charge in [-0.2, -0.15) is 0 Å². The van der Waals surface area contributed by atoms with E-state index in [0.717, 1.165) is 34.7 Å². The Labute approximate surface area is 160 Å². The molecule has 0 unspecified atom stereocenters. The number of hydrogen-bond donors (Lipinski definition) is 0. The monoisotopic (exact) mass is 356 g/mol. The van der Waals surface area contributed by atoms with Crippen LogP contribution >= 0.6 is 0 Å². The van der Waals surface area contributed by atoms with Gasteiger partial charge in [-0.1, -0.05) is 50.2 Å². The minimum atomic E-state index is 0.544. The van der Waals surface area contributed by atoms with E-state index in [4.69, 9.17) is 9.72 Å². The molecule has 0 radical (unpaired) electrons. The fourth-order valence-electron chi connectivity index (χ4n) is 3.39. The molecule has 0 aliphatic carbocycles. The molecule has 3 heteroatoms. The Kier molecular flexibility index (Phi) is 4.68. The smallest absolute Gasteiger partial charge is 0.141 e. The maximum absolute atomic E-state index is 5.29. The van der Waals surface area contributed by atoms with E-state index >= 15 is 0 Å². The lowest BCUT2D eigenvalue weighted by molar-refractivity contribution is 0.415. The molecule has 3 aromatic carbocycles. The number of benzene rings is 3. The van der Waals surface area contributed by atoms with Gasteiger partial charge in [-0.05, 0) is 53.4 Å². The second-order valence-corrected chi connectivity index (χ2v) is 7.14. The molecule has 0 amide bonds. The first kappa shape index (κ1) is 17.3. The van der Waals surface area contributed by atoms with Gasteiger partial charge in [-0.25, -0.2) is 4.98 Å². The van der Waals surface area contributed by atoms with Gasteiger partial charge < -0.3 is 9.30 Å². The molecule has 3 nitrogen and oxygen atoms in total. The van der Waals surface area contributed by atoms with Crippen LogP contribution < -0.4 is 4.74 Å². The lowest BCUT2D eigenvalue weighted by atomic mass is 10.0. The standard InChI is InChI=1S/C24H24N2O/c1-17(2)19-10-8-18(9-11-19)16-26-23-7-5-4-6-22(23)25-24(26)20-12-14-21(27-3)15-13-20/h4-15,17H,16H2,1-3H3. The number of hydrogen-bond acceptors (Lipinski definition) is 2. The van der Waals surface area contributed by atoms with Gasteiger partial charge in [0.25, 0.3) is 0 Å². The largest absolute Gasteiger partial charge is 0.497 e. The highest BCUT2D eigenvalue weighted by Crippen LogP contribution is 2.27. The lowest BCUT2D eigenvalue weighted by Crippen LogP contribution is -2.02. The van der Waals surface area contributed by atoms with Crippen molar-refractivity contribution in [1.29, 1.82) is 0 Å². The van der Waals surface area contributed by atoms with Crippen LogP contribution in [0.2, 0.25) is 0 Å². The van der Waals surface area contributed by atoms with Gasteiger partial charge in [0.1, 0.15) is 11.6 Å². The normalized spacial score (nSPS) is 11.3. The second kappa shape index (κ2) is 7.28. The molecule has 0 aliphatic heterocycles. The number of nitrogens with zero attached hydrogens (tertiary/aromatic N) is 2. The van der Waals surface area contributed by atoms with E-state index in [1.54, 1.807) is 7.11 Å². The number of imidazole rings is 1. The van der Waals surface area contributed by atoms with Crippen molar-refractivity contribution in [3.63, 3.8) is 0 Å². The Morgan fingerprint density at radius 1 is 0.889 bits per heavy atom. The van der Waals surface area contributed by atoms with Gasteiger partial charge in [0, 0.05) is 12.1 Å². The molecule has 0 atom stereocenters. The Morgan fingerprint density at radius 2 is 1.59 bits per heavy atom. The minimum Gasteiger partial charge on any atom is -0.497 e. The van der Waals surface area contributed by atoms with Crippen LogP contribution in [0.5, 0.6) is 5.75 Å². The Balaban J connectivity index is 1.77. The average Bonchev–Trinajstić information content (AvgIpc) is 3.07. The van der Waals surface area contributed by atoms with E-state index < -0.39 is 0 Å². The summed E-state index contributed by atoms with van der Waals surface area (Å²) in [6, 6.07) is 25.3. The first-order valence-electron chi connectivity index (χ1n) is 9.34. The van der Waals surface area contributed by atoms with Gasteiger partial charge >= 0.3 is 0 Å². The molecule has 1 heterocycles. The van der Waals surface area contributed by atoms with E-state index in [-0.39, 0.29) is 0 Å². The summed E-state index contributed by atoms with van der Waals surface area (Å²) in [4.78, 5) is 4.90. The van der Waals surface area contributed by atoms with Crippen LogP contribution in [-0.4, -0.2) is 16.7 Å². The zero-order chi connectivity index (χ0) is 18.8. The summed E-state index contributed by atoms with van der Waals surface area (Å²) < 4.78 is 7.59. The molecule has 1 aromatic heterocycles. The summed E-state index contributed by atoms with van der Waals surface area (Å²) in [6.07, 6.45) is 0. The number of aromatic nitrogens is 2. The highest BCUT2D eigenvalue weighted by molar-refractivity contribution is 5.80. The quantitative estimate of drug-likeness (QED) is 0.446. The predicted octanol–water partition coefficient (Wildman–Crippen LogP) is 5.88. The number of fused-ring (bicyclic) bond motifs is 1. The average molecular weight is 356 g/mol. The van der Waals surface area contributed by atoms with Crippen molar-refractivity contribution in [3.8, 4) is 17.1 Å². The zero-order valence-electron chi connectivity index (χ0n) is 16.0. The number of para-hydroxylation sites is 2. The fraction of sp³-hybridized carbons (Fsp3) is 0.208. The van der Waals surface area contributed by atoms with Crippen LogP contribution in [0.1, 0.15) is 30.9 Å². The summed E-state index contributed by atoms with van der Waals surface area (Å²) in [5.41, 5.74) is 5.89. The third-order valence-corrected chi connectivity index (χ3v) is 4.99. The molecular weight excluding hydrogens is 332 g/mol. The third kappa shape index (κ3) is 3.45. The van der Waals surface area contributed by atoms with Crippen LogP contribution in [0.25, 0.3) is 22.4 Å². The summed E-state index contributed by atoms with van der Waals surface area (Å²) in [5, 5.41) is 0. The number of rotatable bonds is 5. The van der Waals surface area contributed by atoms with Crippen molar-refractivity contribution in [1.82, 2.24) is 9.55 Å². The van der Waals surface area contributed by atoms with E-state index in [1.165, 1.54) is 11.1 Å². The topological polar surface area (TPSA) is 27.1 Å². The molecule has 0 spiro atoms. The molecule has 4 aromatic rings. The Bertz CT molecular complexity index is 1040. The summed E-state index contributed by atoms with van der Waals surface area (Å²) in [6.45, 7) is 5.24. The van der Waals surface area contributed by atoms with E-state index in [9.17, 15) is 0 Å². The molecular formula is C24H24N2O. The zero-order valence-corrected chi connectivity index (χ0v) is 16.0. The minimum absolute atomic E-state index is 0.544. The fourth-order valence-corrected chi connectivity index (χ4v) is 3.39. The Hall–Kier alpha value is -3.07. The van der Waals surface area contributed by atoms with E-state index in [0.29, 0.717) is 5.92 Å². The Morgan fingerprint density at radius 3 is 2.26 bits per heavy atom. The SMILES string of the molecule is COc1ccc(-c2nc3ccccc3n2Cc2ccc(C(C)C)cc2)cc1. The van der Waals surface area contributed by atoms with Gasteiger partial charge in [0.15, 0.2) is 0 Å². The third-order valence-electron chi connectivity index (χ3n) is 4.99. The highest BCUT2D eigenvalue weighted by atomic mass is 16.5. The highest BCUT2D eigenvalue weighted by Gasteiger charge is 2.13. The summed E-state index contributed by atoms with van der Waals surface area (Å²) >= 11 is 0. The molecule has 4 rings (SSSR count). The lowest BCUT2D eigenvalue weighted by Gasteiger charge is -2.12. The van der Waals surface area contributed by atoms with Crippen LogP contribution in [0, 0.1) is 0 Å². The van der Waals surface area contributed by atoms with Crippen molar-refractivity contribution in [2.75, 3.05) is 7.11 Å². The van der Waals surface area contributed by atoms with Gasteiger partial charge in [-0.3, -0.25) is 0 Å². The van der Waals surface area contributed by atoms with Crippen molar-refractivity contribution in [2.24, 2.45) is 0 Å². The van der Waals surface area contributed by atoms with Crippen LogP contribution in [0.4, 0.5) is 0 Å². The van der Waals surface area contributed by atoms with Crippen molar-refractivity contribution < 1.29 is 4.74 Å².